The summed E-state index contributed by atoms with van der Waals surface area (Å²) in [5.74, 6) is -1.84. The van der Waals surface area contributed by atoms with E-state index in [-0.39, 0.29) is 22.6 Å². The normalized spacial score (nSPS) is 18.4. The Labute approximate surface area is 177 Å². The summed E-state index contributed by atoms with van der Waals surface area (Å²) >= 11 is 0. The third-order valence-electron chi connectivity index (χ3n) is 5.53. The van der Waals surface area contributed by atoms with E-state index in [0.29, 0.717) is 13.0 Å². The van der Waals surface area contributed by atoms with E-state index < -0.39 is 17.7 Å². The van der Waals surface area contributed by atoms with Crippen LogP contribution in [0, 0.1) is 13.8 Å². The smallest absolute Gasteiger partial charge is 0.295 e. The number of rotatable bonds is 6. The summed E-state index contributed by atoms with van der Waals surface area (Å²) in [6.07, 6.45) is 0.693. The molecule has 0 saturated carbocycles. The van der Waals surface area contributed by atoms with Crippen LogP contribution in [0.3, 0.4) is 0 Å². The first-order chi connectivity index (χ1) is 14.2. The van der Waals surface area contributed by atoms with Gasteiger partial charge in [-0.1, -0.05) is 30.3 Å². The van der Waals surface area contributed by atoms with Crippen LogP contribution >= 0.6 is 0 Å². The first kappa shape index (κ1) is 21.6. The fourth-order valence-corrected chi connectivity index (χ4v) is 3.79. The summed E-state index contributed by atoms with van der Waals surface area (Å²) in [4.78, 5) is 29.4. The Bertz CT molecular complexity index is 996. The molecule has 1 heterocycles. The van der Waals surface area contributed by atoms with Crippen molar-refractivity contribution in [1.29, 1.82) is 0 Å². The van der Waals surface area contributed by atoms with Crippen LogP contribution in [0.2, 0.25) is 0 Å². The van der Waals surface area contributed by atoms with Crippen molar-refractivity contribution >= 4 is 17.4 Å². The largest absolute Gasteiger partial charge is 0.507 e. The van der Waals surface area contributed by atoms with Crippen LogP contribution in [0.15, 0.2) is 48.0 Å². The number of Topliss-reactive ketones (excluding diaryl/α,β-unsaturated/α-hetero) is 1. The van der Waals surface area contributed by atoms with Crippen molar-refractivity contribution < 1.29 is 19.8 Å². The molecule has 1 aliphatic heterocycles. The van der Waals surface area contributed by atoms with Crippen LogP contribution in [0.4, 0.5) is 0 Å². The number of aliphatic hydroxyl groups excluding tert-OH is 1. The molecule has 30 heavy (non-hydrogen) atoms. The number of amides is 1. The van der Waals surface area contributed by atoms with Crippen LogP contribution in [-0.4, -0.2) is 58.9 Å². The molecule has 0 spiro atoms. The van der Waals surface area contributed by atoms with Gasteiger partial charge < -0.3 is 20.0 Å². The predicted octanol–water partition coefficient (Wildman–Crippen LogP) is 3.38. The molecule has 0 unspecified atom stereocenters. The van der Waals surface area contributed by atoms with E-state index >= 15 is 0 Å². The van der Waals surface area contributed by atoms with E-state index in [9.17, 15) is 19.8 Å². The number of carbonyl (C=O) groups is 2. The van der Waals surface area contributed by atoms with Gasteiger partial charge in [0.2, 0.25) is 0 Å². The highest BCUT2D eigenvalue weighted by molar-refractivity contribution is 6.46. The molecule has 1 saturated heterocycles. The zero-order chi connectivity index (χ0) is 22.0. The average Bonchev–Trinajstić information content (AvgIpc) is 2.95. The molecule has 1 atom stereocenters. The van der Waals surface area contributed by atoms with E-state index in [1.165, 1.54) is 4.90 Å². The van der Waals surface area contributed by atoms with Crippen LogP contribution in [0.1, 0.15) is 34.7 Å². The fourth-order valence-electron chi connectivity index (χ4n) is 3.79. The third-order valence-corrected chi connectivity index (χ3v) is 5.53. The standard InChI is InChI=1S/C24H28N2O4/c1-15-13-18(19(27)14-16(15)2)22(28)20-21(17-9-6-5-7-10-17)26(24(30)23(20)29)12-8-11-25(3)4/h5-7,9-10,13-14,21,27-28H,8,11-12H2,1-4H3/t21-/m0/s1. The summed E-state index contributed by atoms with van der Waals surface area (Å²) in [7, 11) is 3.90. The number of aromatic hydroxyl groups is 1. The summed E-state index contributed by atoms with van der Waals surface area (Å²) in [6.45, 7) is 4.87. The number of aliphatic hydroxyl groups is 1. The molecule has 6 nitrogen and oxygen atoms in total. The van der Waals surface area contributed by atoms with Gasteiger partial charge in [0.05, 0.1) is 17.2 Å². The molecule has 158 valence electrons. The van der Waals surface area contributed by atoms with Crippen molar-refractivity contribution in [3.63, 3.8) is 0 Å². The summed E-state index contributed by atoms with van der Waals surface area (Å²) in [6, 6.07) is 11.7. The highest BCUT2D eigenvalue weighted by Crippen LogP contribution is 2.41. The zero-order valence-electron chi connectivity index (χ0n) is 17.8. The molecule has 0 bridgehead atoms. The maximum absolute atomic E-state index is 13.0. The number of nitrogens with zero attached hydrogens (tertiary/aromatic N) is 2. The molecule has 1 aliphatic rings. The SMILES string of the molecule is Cc1cc(O)c(C(O)=C2C(=O)C(=O)N(CCCN(C)C)[C@H]2c2ccccc2)cc1C. The Kier molecular flexibility index (Phi) is 6.27. The molecule has 2 aromatic carbocycles. The molecule has 0 aromatic heterocycles. The Hall–Kier alpha value is -3.12. The second-order valence-electron chi connectivity index (χ2n) is 8.01. The van der Waals surface area contributed by atoms with E-state index in [1.807, 2.05) is 63.2 Å². The third kappa shape index (κ3) is 4.09. The van der Waals surface area contributed by atoms with E-state index in [0.717, 1.165) is 23.2 Å². The second-order valence-corrected chi connectivity index (χ2v) is 8.01. The molecule has 2 N–H and O–H groups in total. The van der Waals surface area contributed by atoms with Crippen LogP contribution in [0.25, 0.3) is 5.76 Å². The molecule has 2 aromatic rings. The van der Waals surface area contributed by atoms with Gasteiger partial charge in [0, 0.05) is 6.54 Å². The molecule has 3 rings (SSSR count). The molecule has 1 fully saturated rings. The van der Waals surface area contributed by atoms with Crippen molar-refractivity contribution in [2.24, 2.45) is 0 Å². The minimum absolute atomic E-state index is 0.00889. The number of ketones is 1. The number of carbonyl (C=O) groups excluding carboxylic acids is 2. The van der Waals surface area contributed by atoms with E-state index in [1.54, 1.807) is 12.1 Å². The second kappa shape index (κ2) is 8.71. The lowest BCUT2D eigenvalue weighted by atomic mass is 9.94. The molecule has 0 aliphatic carbocycles. The topological polar surface area (TPSA) is 81.1 Å². The van der Waals surface area contributed by atoms with Gasteiger partial charge in [-0.3, -0.25) is 9.59 Å². The van der Waals surface area contributed by atoms with Gasteiger partial charge in [-0.2, -0.15) is 0 Å². The van der Waals surface area contributed by atoms with Gasteiger partial charge in [0.1, 0.15) is 11.5 Å². The maximum Gasteiger partial charge on any atom is 0.295 e. The summed E-state index contributed by atoms with van der Waals surface area (Å²) in [5, 5.41) is 21.5. The predicted molar refractivity (Wildman–Crippen MR) is 116 cm³/mol. The highest BCUT2D eigenvalue weighted by Gasteiger charge is 2.46. The number of likely N-dealkylation sites (tertiary alicyclic amines) is 1. The Morgan fingerprint density at radius 2 is 1.70 bits per heavy atom. The lowest BCUT2D eigenvalue weighted by Crippen LogP contribution is -2.32. The number of aryl methyl sites for hydroxylation is 2. The fraction of sp³-hybridized carbons (Fsp3) is 0.333. The molecular weight excluding hydrogens is 380 g/mol. The van der Waals surface area contributed by atoms with Gasteiger partial charge in [0.25, 0.3) is 11.7 Å². The Balaban J connectivity index is 2.13. The molecule has 0 radical (unpaired) electrons. The molecule has 6 heteroatoms. The minimum atomic E-state index is -0.733. The van der Waals surface area contributed by atoms with Gasteiger partial charge >= 0.3 is 0 Å². The van der Waals surface area contributed by atoms with Crippen molar-refractivity contribution in [2.75, 3.05) is 27.2 Å². The van der Waals surface area contributed by atoms with Crippen molar-refractivity contribution in [1.82, 2.24) is 9.80 Å². The van der Waals surface area contributed by atoms with Crippen molar-refractivity contribution in [3.8, 4) is 5.75 Å². The monoisotopic (exact) mass is 408 g/mol. The molecular formula is C24H28N2O4. The Morgan fingerprint density at radius 1 is 1.07 bits per heavy atom. The number of hydrogen-bond donors (Lipinski definition) is 2. The summed E-state index contributed by atoms with van der Waals surface area (Å²) < 4.78 is 0. The lowest BCUT2D eigenvalue weighted by molar-refractivity contribution is -0.139. The Morgan fingerprint density at radius 3 is 2.33 bits per heavy atom. The van der Waals surface area contributed by atoms with Gasteiger partial charge in [-0.05, 0) is 69.7 Å². The van der Waals surface area contributed by atoms with E-state index in [2.05, 4.69) is 0 Å². The minimum Gasteiger partial charge on any atom is -0.507 e. The van der Waals surface area contributed by atoms with Crippen molar-refractivity contribution in [2.45, 2.75) is 26.3 Å². The molecule has 1 amide bonds. The zero-order valence-corrected chi connectivity index (χ0v) is 17.8. The average molecular weight is 408 g/mol. The van der Waals surface area contributed by atoms with Crippen LogP contribution < -0.4 is 0 Å². The maximum atomic E-state index is 13.0. The first-order valence-electron chi connectivity index (χ1n) is 10.0. The van der Waals surface area contributed by atoms with Gasteiger partial charge in [0.15, 0.2) is 0 Å². The summed E-state index contributed by atoms with van der Waals surface area (Å²) in [5.41, 5.74) is 2.64. The van der Waals surface area contributed by atoms with Crippen LogP contribution in [-0.2, 0) is 9.59 Å². The van der Waals surface area contributed by atoms with Gasteiger partial charge in [-0.25, -0.2) is 0 Å². The van der Waals surface area contributed by atoms with Crippen LogP contribution in [0.5, 0.6) is 5.75 Å². The van der Waals surface area contributed by atoms with E-state index in [4.69, 9.17) is 0 Å². The van der Waals surface area contributed by atoms with Gasteiger partial charge in [-0.15, -0.1) is 0 Å². The first-order valence-corrected chi connectivity index (χ1v) is 10.0. The van der Waals surface area contributed by atoms with Crippen molar-refractivity contribution in [3.05, 3.63) is 70.3 Å². The number of hydrogen-bond acceptors (Lipinski definition) is 5. The highest BCUT2D eigenvalue weighted by atomic mass is 16.3. The number of benzene rings is 2. The number of phenols is 1. The number of phenolic OH excluding ortho intramolecular Hbond substituents is 1. The quantitative estimate of drug-likeness (QED) is 0.435. The lowest BCUT2D eigenvalue weighted by Gasteiger charge is -2.26.